The molecular formula is C23H26N4O5S. The maximum absolute atomic E-state index is 12.1. The number of nitrogens with one attached hydrogen (secondary N) is 2. The molecule has 2 amide bonds. The Morgan fingerprint density at radius 3 is 2.70 bits per heavy atom. The Kier molecular flexibility index (Phi) is 9.16. The second-order valence-electron chi connectivity index (χ2n) is 7.02. The van der Waals surface area contributed by atoms with Crippen LogP contribution in [-0.4, -0.2) is 58.8 Å². The van der Waals surface area contributed by atoms with Crippen molar-refractivity contribution in [1.29, 1.82) is 0 Å². The van der Waals surface area contributed by atoms with Crippen LogP contribution in [0.4, 0.5) is 5.69 Å². The standard InChI is InChI=1S/C23H26N4O5S/c1-31-19-6-5-7-20(10-19)32-15-18(28)12-24-22(29)14-27-13-17(11-25-27)26-23(30)16-33-21-8-3-2-4-9-21/h2-11,13,18,28H,12,14-16H2,1H3,(H,24,29)(H,26,30). The van der Waals surface area contributed by atoms with E-state index in [0.717, 1.165) is 4.90 Å². The molecule has 174 valence electrons. The van der Waals surface area contributed by atoms with Crippen molar-refractivity contribution in [3.05, 3.63) is 67.0 Å². The zero-order valence-corrected chi connectivity index (χ0v) is 19.0. The molecule has 0 aliphatic rings. The van der Waals surface area contributed by atoms with Gasteiger partial charge in [-0.15, -0.1) is 11.8 Å². The Hall–Kier alpha value is -3.50. The summed E-state index contributed by atoms with van der Waals surface area (Å²) < 4.78 is 12.0. The molecule has 3 rings (SSSR count). The molecule has 0 fully saturated rings. The average Bonchev–Trinajstić information content (AvgIpc) is 3.27. The molecule has 0 spiro atoms. The minimum absolute atomic E-state index is 0.0202. The van der Waals surface area contributed by atoms with Gasteiger partial charge in [0.25, 0.3) is 0 Å². The van der Waals surface area contributed by atoms with Crippen LogP contribution in [0.1, 0.15) is 0 Å². The van der Waals surface area contributed by atoms with Crippen LogP contribution in [0.15, 0.2) is 71.9 Å². The van der Waals surface area contributed by atoms with E-state index in [1.807, 2.05) is 30.3 Å². The minimum atomic E-state index is -0.880. The van der Waals surface area contributed by atoms with Crippen molar-refractivity contribution >= 4 is 29.3 Å². The van der Waals surface area contributed by atoms with Gasteiger partial charge in [-0.05, 0) is 24.3 Å². The fraction of sp³-hybridized carbons (Fsp3) is 0.261. The SMILES string of the molecule is COc1cccc(OCC(O)CNC(=O)Cn2cc(NC(=O)CSc3ccccc3)cn2)c1. The number of rotatable bonds is 12. The smallest absolute Gasteiger partial charge is 0.241 e. The average molecular weight is 471 g/mol. The van der Waals surface area contributed by atoms with E-state index >= 15 is 0 Å². The summed E-state index contributed by atoms with van der Waals surface area (Å²) in [4.78, 5) is 25.2. The van der Waals surface area contributed by atoms with Crippen molar-refractivity contribution in [3.8, 4) is 11.5 Å². The van der Waals surface area contributed by atoms with Gasteiger partial charge >= 0.3 is 0 Å². The van der Waals surface area contributed by atoms with Crippen LogP contribution in [0.5, 0.6) is 11.5 Å². The largest absolute Gasteiger partial charge is 0.497 e. The zero-order valence-electron chi connectivity index (χ0n) is 18.1. The number of anilines is 1. The highest BCUT2D eigenvalue weighted by Crippen LogP contribution is 2.19. The predicted molar refractivity (Wildman–Crippen MR) is 126 cm³/mol. The Morgan fingerprint density at radius 1 is 1.12 bits per heavy atom. The van der Waals surface area contributed by atoms with Crippen LogP contribution in [0.25, 0.3) is 0 Å². The number of ether oxygens (including phenoxy) is 2. The number of aliphatic hydroxyl groups excluding tert-OH is 1. The van der Waals surface area contributed by atoms with E-state index in [0.29, 0.717) is 17.2 Å². The Balaban J connectivity index is 1.35. The van der Waals surface area contributed by atoms with Crippen LogP contribution in [-0.2, 0) is 16.1 Å². The van der Waals surface area contributed by atoms with Crippen LogP contribution >= 0.6 is 11.8 Å². The van der Waals surface area contributed by atoms with Gasteiger partial charge in [0.05, 0.1) is 24.7 Å². The molecule has 33 heavy (non-hydrogen) atoms. The van der Waals surface area contributed by atoms with Gasteiger partial charge in [0.1, 0.15) is 30.8 Å². The molecule has 3 aromatic rings. The molecule has 0 radical (unpaired) electrons. The van der Waals surface area contributed by atoms with Crippen molar-refractivity contribution in [2.45, 2.75) is 17.5 Å². The lowest BCUT2D eigenvalue weighted by atomic mass is 10.3. The summed E-state index contributed by atoms with van der Waals surface area (Å²) in [6.07, 6.45) is 2.18. The molecule has 0 saturated heterocycles. The molecule has 0 bridgehead atoms. The second kappa shape index (κ2) is 12.5. The number of hydrogen-bond acceptors (Lipinski definition) is 7. The highest BCUT2D eigenvalue weighted by Gasteiger charge is 2.11. The molecule has 2 aromatic carbocycles. The fourth-order valence-corrected chi connectivity index (χ4v) is 3.47. The Labute approximate surface area is 196 Å². The van der Waals surface area contributed by atoms with Gasteiger partial charge < -0.3 is 25.2 Å². The summed E-state index contributed by atoms with van der Waals surface area (Å²) >= 11 is 1.44. The van der Waals surface area contributed by atoms with E-state index in [1.54, 1.807) is 37.6 Å². The number of aliphatic hydroxyl groups is 1. The van der Waals surface area contributed by atoms with Gasteiger partial charge in [0.2, 0.25) is 11.8 Å². The molecule has 1 aromatic heterocycles. The van der Waals surface area contributed by atoms with Crippen LogP contribution in [0.3, 0.4) is 0 Å². The number of carbonyl (C=O) groups is 2. The third-order valence-electron chi connectivity index (χ3n) is 4.35. The molecule has 10 heteroatoms. The first-order valence-electron chi connectivity index (χ1n) is 10.2. The summed E-state index contributed by atoms with van der Waals surface area (Å²) in [5.74, 6) is 1.00. The minimum Gasteiger partial charge on any atom is -0.497 e. The van der Waals surface area contributed by atoms with Gasteiger partial charge in [-0.2, -0.15) is 5.10 Å². The number of thioether (sulfide) groups is 1. The van der Waals surface area contributed by atoms with Crippen molar-refractivity contribution in [3.63, 3.8) is 0 Å². The summed E-state index contributed by atoms with van der Waals surface area (Å²) in [6.45, 7) is 0.00879. The van der Waals surface area contributed by atoms with E-state index < -0.39 is 6.10 Å². The number of carbonyl (C=O) groups excluding carboxylic acids is 2. The van der Waals surface area contributed by atoms with E-state index in [1.165, 1.54) is 22.6 Å². The third kappa shape index (κ3) is 8.51. The van der Waals surface area contributed by atoms with Gasteiger partial charge in [-0.25, -0.2) is 0 Å². The van der Waals surface area contributed by atoms with Gasteiger partial charge in [0, 0.05) is 23.7 Å². The van der Waals surface area contributed by atoms with Crippen molar-refractivity contribution in [1.82, 2.24) is 15.1 Å². The first-order valence-corrected chi connectivity index (χ1v) is 11.2. The Bertz CT molecular complexity index is 1040. The number of hydrogen-bond donors (Lipinski definition) is 3. The Morgan fingerprint density at radius 2 is 1.91 bits per heavy atom. The number of methoxy groups -OCH3 is 1. The van der Waals surface area contributed by atoms with Gasteiger partial charge in [-0.1, -0.05) is 24.3 Å². The van der Waals surface area contributed by atoms with E-state index in [-0.39, 0.29) is 37.3 Å². The molecule has 3 N–H and O–H groups in total. The van der Waals surface area contributed by atoms with Crippen molar-refractivity contribution in [2.75, 3.05) is 31.3 Å². The third-order valence-corrected chi connectivity index (χ3v) is 5.37. The topological polar surface area (TPSA) is 115 Å². The van der Waals surface area contributed by atoms with Crippen LogP contribution in [0.2, 0.25) is 0 Å². The summed E-state index contributed by atoms with van der Waals surface area (Å²) in [5.41, 5.74) is 0.508. The van der Waals surface area contributed by atoms with Crippen molar-refractivity contribution in [2.24, 2.45) is 0 Å². The fourth-order valence-electron chi connectivity index (χ4n) is 2.75. The van der Waals surface area contributed by atoms with E-state index in [2.05, 4.69) is 15.7 Å². The molecule has 1 atom stereocenters. The molecule has 1 heterocycles. The summed E-state index contributed by atoms with van der Waals surface area (Å²) in [6, 6.07) is 16.7. The predicted octanol–water partition coefficient (Wildman–Crippen LogP) is 2.18. The number of benzene rings is 2. The second-order valence-corrected chi connectivity index (χ2v) is 8.07. The molecule has 0 aliphatic carbocycles. The highest BCUT2D eigenvalue weighted by molar-refractivity contribution is 8.00. The lowest BCUT2D eigenvalue weighted by Gasteiger charge is -2.13. The summed E-state index contributed by atoms with van der Waals surface area (Å²) in [7, 11) is 1.56. The highest BCUT2D eigenvalue weighted by atomic mass is 32.2. The molecule has 9 nitrogen and oxygen atoms in total. The van der Waals surface area contributed by atoms with Gasteiger partial charge in [-0.3, -0.25) is 14.3 Å². The number of nitrogens with zero attached hydrogens (tertiary/aromatic N) is 2. The zero-order chi connectivity index (χ0) is 23.5. The quantitative estimate of drug-likeness (QED) is 0.348. The normalized spacial score (nSPS) is 11.5. The maximum atomic E-state index is 12.1. The molecular weight excluding hydrogens is 444 g/mol. The lowest BCUT2D eigenvalue weighted by Crippen LogP contribution is -2.37. The van der Waals surface area contributed by atoms with Crippen LogP contribution in [0, 0.1) is 0 Å². The number of aromatic nitrogens is 2. The summed E-state index contributed by atoms with van der Waals surface area (Å²) in [5, 5.41) is 19.5. The first-order chi connectivity index (χ1) is 16.0. The van der Waals surface area contributed by atoms with E-state index in [9.17, 15) is 14.7 Å². The van der Waals surface area contributed by atoms with Crippen molar-refractivity contribution < 1.29 is 24.2 Å². The molecule has 0 aliphatic heterocycles. The monoisotopic (exact) mass is 470 g/mol. The lowest BCUT2D eigenvalue weighted by molar-refractivity contribution is -0.122. The maximum Gasteiger partial charge on any atom is 0.241 e. The van der Waals surface area contributed by atoms with Crippen LogP contribution < -0.4 is 20.1 Å². The molecule has 0 saturated carbocycles. The first kappa shape index (κ1) is 24.1. The molecule has 1 unspecified atom stereocenters. The number of amides is 2. The van der Waals surface area contributed by atoms with Gasteiger partial charge in [0.15, 0.2) is 0 Å². The van der Waals surface area contributed by atoms with E-state index in [4.69, 9.17) is 9.47 Å².